The monoisotopic (exact) mass is 249 g/mol. The molecule has 1 aromatic carbocycles. The second kappa shape index (κ2) is 4.49. The Morgan fingerprint density at radius 2 is 2.00 bits per heavy atom. The van der Waals surface area contributed by atoms with Gasteiger partial charge in [-0.3, -0.25) is 0 Å². The van der Waals surface area contributed by atoms with Gasteiger partial charge in [-0.15, -0.1) is 0 Å². The summed E-state index contributed by atoms with van der Waals surface area (Å²) in [6.45, 7) is -0.282. The summed E-state index contributed by atoms with van der Waals surface area (Å²) in [7, 11) is -0.569. The molecule has 0 amide bonds. The third-order valence-corrected chi connectivity index (χ3v) is 4.15. The van der Waals surface area contributed by atoms with E-state index >= 15 is 0 Å². The van der Waals surface area contributed by atoms with Crippen LogP contribution in [0, 0.1) is 0 Å². The third kappa shape index (κ3) is 2.49. The summed E-state index contributed by atoms with van der Waals surface area (Å²) in [6.07, 6.45) is 0. The second-order valence-corrected chi connectivity index (χ2v) is 5.76. The minimum Gasteiger partial charge on any atom is -0.392 e. The molecule has 0 radical (unpaired) electrons. The predicted octanol–water partition coefficient (Wildman–Crippen LogP) is 1.08. The first-order valence-corrected chi connectivity index (χ1v) is 6.03. The Balaban J connectivity index is 3.29. The average Bonchev–Trinajstić information content (AvgIpc) is 2.18. The SMILES string of the molecule is CN(C)S(=O)(=O)c1ccc(Cl)c(CO)c1. The van der Waals surface area contributed by atoms with E-state index < -0.39 is 10.0 Å². The molecule has 0 aliphatic heterocycles. The lowest BCUT2D eigenvalue weighted by Gasteiger charge is -2.12. The number of rotatable bonds is 3. The van der Waals surface area contributed by atoms with Crippen LogP contribution in [0.1, 0.15) is 5.56 Å². The number of hydrogen-bond acceptors (Lipinski definition) is 3. The molecule has 0 saturated carbocycles. The molecule has 1 N–H and O–H groups in total. The van der Waals surface area contributed by atoms with Crippen molar-refractivity contribution in [3.05, 3.63) is 28.8 Å². The highest BCUT2D eigenvalue weighted by molar-refractivity contribution is 7.89. The van der Waals surface area contributed by atoms with Gasteiger partial charge in [-0.1, -0.05) is 11.6 Å². The van der Waals surface area contributed by atoms with Gasteiger partial charge in [-0.25, -0.2) is 12.7 Å². The first-order chi connectivity index (χ1) is 6.89. The lowest BCUT2D eigenvalue weighted by atomic mass is 10.2. The first kappa shape index (κ1) is 12.4. The molecule has 0 unspecified atom stereocenters. The molecule has 1 aromatic rings. The largest absolute Gasteiger partial charge is 0.392 e. The van der Waals surface area contributed by atoms with E-state index in [0.717, 1.165) is 4.31 Å². The maximum atomic E-state index is 11.7. The molecule has 0 aromatic heterocycles. The summed E-state index contributed by atoms with van der Waals surface area (Å²) in [5.74, 6) is 0. The van der Waals surface area contributed by atoms with E-state index in [1.54, 1.807) is 0 Å². The molecule has 15 heavy (non-hydrogen) atoms. The summed E-state index contributed by atoms with van der Waals surface area (Å²) >= 11 is 5.76. The molecular weight excluding hydrogens is 238 g/mol. The number of sulfonamides is 1. The van der Waals surface area contributed by atoms with Crippen molar-refractivity contribution in [2.75, 3.05) is 14.1 Å². The number of halogens is 1. The molecule has 4 nitrogen and oxygen atoms in total. The topological polar surface area (TPSA) is 57.6 Å². The Kier molecular flexibility index (Phi) is 3.72. The fraction of sp³-hybridized carbons (Fsp3) is 0.333. The van der Waals surface area contributed by atoms with Gasteiger partial charge in [-0.2, -0.15) is 0 Å². The van der Waals surface area contributed by atoms with E-state index in [2.05, 4.69) is 0 Å². The minimum atomic E-state index is -3.46. The molecule has 0 fully saturated rings. The van der Waals surface area contributed by atoms with E-state index in [1.807, 2.05) is 0 Å². The highest BCUT2D eigenvalue weighted by Gasteiger charge is 2.17. The van der Waals surface area contributed by atoms with Crippen LogP contribution in [0.4, 0.5) is 0 Å². The van der Waals surface area contributed by atoms with E-state index in [9.17, 15) is 8.42 Å². The van der Waals surface area contributed by atoms with Crippen molar-refractivity contribution in [3.8, 4) is 0 Å². The molecule has 1 rings (SSSR count). The van der Waals surface area contributed by atoms with Gasteiger partial charge < -0.3 is 5.11 Å². The summed E-state index contributed by atoms with van der Waals surface area (Å²) in [5.41, 5.74) is 0.402. The average molecular weight is 250 g/mol. The number of nitrogens with zero attached hydrogens (tertiary/aromatic N) is 1. The number of aliphatic hydroxyl groups excluding tert-OH is 1. The van der Waals surface area contributed by atoms with E-state index in [-0.39, 0.29) is 11.5 Å². The highest BCUT2D eigenvalue weighted by atomic mass is 35.5. The fourth-order valence-electron chi connectivity index (χ4n) is 1.04. The van der Waals surface area contributed by atoms with E-state index in [0.29, 0.717) is 10.6 Å². The molecule has 0 aliphatic rings. The number of hydrogen-bond donors (Lipinski definition) is 1. The van der Waals surface area contributed by atoms with E-state index in [1.165, 1.54) is 32.3 Å². The van der Waals surface area contributed by atoms with Crippen LogP contribution < -0.4 is 0 Å². The Hall–Kier alpha value is -0.620. The van der Waals surface area contributed by atoms with Crippen LogP contribution in [-0.4, -0.2) is 31.9 Å². The maximum Gasteiger partial charge on any atom is 0.242 e. The van der Waals surface area contributed by atoms with Crippen molar-refractivity contribution >= 4 is 21.6 Å². The molecule has 0 bridgehead atoms. The molecule has 6 heteroatoms. The lowest BCUT2D eigenvalue weighted by molar-refractivity contribution is 0.281. The van der Waals surface area contributed by atoms with Crippen LogP contribution in [0.15, 0.2) is 23.1 Å². The first-order valence-electron chi connectivity index (χ1n) is 4.21. The molecule has 0 heterocycles. The molecule has 0 spiro atoms. The van der Waals surface area contributed by atoms with Crippen molar-refractivity contribution in [1.82, 2.24) is 4.31 Å². The van der Waals surface area contributed by atoms with Crippen LogP contribution in [-0.2, 0) is 16.6 Å². The van der Waals surface area contributed by atoms with Gasteiger partial charge in [0.05, 0.1) is 11.5 Å². The van der Waals surface area contributed by atoms with Crippen LogP contribution >= 0.6 is 11.6 Å². The summed E-state index contributed by atoms with van der Waals surface area (Å²) in [4.78, 5) is 0.126. The molecule has 0 aliphatic carbocycles. The number of aliphatic hydroxyl groups is 1. The summed E-state index contributed by atoms with van der Waals surface area (Å²) in [5, 5.41) is 9.31. The highest BCUT2D eigenvalue weighted by Crippen LogP contribution is 2.21. The normalized spacial score (nSPS) is 12.1. The summed E-state index contributed by atoms with van der Waals surface area (Å²) in [6, 6.07) is 4.25. The Morgan fingerprint density at radius 3 is 2.47 bits per heavy atom. The Labute approximate surface area is 94.1 Å². The zero-order valence-corrected chi connectivity index (χ0v) is 10.0. The van der Waals surface area contributed by atoms with Gasteiger partial charge in [0.15, 0.2) is 0 Å². The number of benzene rings is 1. The van der Waals surface area contributed by atoms with Gasteiger partial charge in [0.1, 0.15) is 0 Å². The zero-order valence-electron chi connectivity index (χ0n) is 8.44. The van der Waals surface area contributed by atoms with Crippen molar-refractivity contribution in [3.63, 3.8) is 0 Å². The maximum absolute atomic E-state index is 11.7. The lowest BCUT2D eigenvalue weighted by Crippen LogP contribution is -2.22. The van der Waals surface area contributed by atoms with Gasteiger partial charge in [-0.05, 0) is 23.8 Å². The molecular formula is C9H12ClNO3S. The second-order valence-electron chi connectivity index (χ2n) is 3.20. The standard InChI is InChI=1S/C9H12ClNO3S/c1-11(2)15(13,14)8-3-4-9(10)7(5-8)6-12/h3-5,12H,6H2,1-2H3. The molecule has 0 atom stereocenters. The van der Waals surface area contributed by atoms with Gasteiger partial charge >= 0.3 is 0 Å². The zero-order chi connectivity index (χ0) is 11.6. The van der Waals surface area contributed by atoms with Crippen LogP contribution in [0.2, 0.25) is 5.02 Å². The fourth-order valence-corrected chi connectivity index (χ4v) is 2.17. The van der Waals surface area contributed by atoms with Gasteiger partial charge in [0, 0.05) is 19.1 Å². The van der Waals surface area contributed by atoms with E-state index in [4.69, 9.17) is 16.7 Å². The minimum absolute atomic E-state index is 0.126. The van der Waals surface area contributed by atoms with Crippen LogP contribution in [0.3, 0.4) is 0 Å². The summed E-state index contributed by atoms with van der Waals surface area (Å²) < 4.78 is 24.5. The van der Waals surface area contributed by atoms with Gasteiger partial charge in [0.25, 0.3) is 0 Å². The predicted molar refractivity (Wildman–Crippen MR) is 58.2 cm³/mol. The molecule has 0 saturated heterocycles. The Bertz CT molecular complexity index is 456. The van der Waals surface area contributed by atoms with Gasteiger partial charge in [0.2, 0.25) is 10.0 Å². The Morgan fingerprint density at radius 1 is 1.40 bits per heavy atom. The van der Waals surface area contributed by atoms with Crippen molar-refractivity contribution in [1.29, 1.82) is 0 Å². The van der Waals surface area contributed by atoms with Crippen LogP contribution in [0.5, 0.6) is 0 Å². The van der Waals surface area contributed by atoms with Crippen molar-refractivity contribution in [2.45, 2.75) is 11.5 Å². The smallest absolute Gasteiger partial charge is 0.242 e. The third-order valence-electron chi connectivity index (χ3n) is 1.97. The molecule has 84 valence electrons. The quantitative estimate of drug-likeness (QED) is 0.872. The van der Waals surface area contributed by atoms with Crippen molar-refractivity contribution in [2.24, 2.45) is 0 Å². The van der Waals surface area contributed by atoms with Crippen molar-refractivity contribution < 1.29 is 13.5 Å². The van der Waals surface area contributed by atoms with Crippen LogP contribution in [0.25, 0.3) is 0 Å².